The standard InChI is InChI=1S/C16H16Cl2O2/c17-14-5-1-12(2-6-14)9-16(10-19,11-20)13-3-7-15(18)8-4-13/h1-8,19-20H,9-11H2. The molecule has 0 saturated carbocycles. The summed E-state index contributed by atoms with van der Waals surface area (Å²) in [6.45, 7) is -0.290. The lowest BCUT2D eigenvalue weighted by molar-refractivity contribution is 0.116. The zero-order valence-electron chi connectivity index (χ0n) is 10.9. The highest BCUT2D eigenvalue weighted by atomic mass is 35.5. The molecule has 20 heavy (non-hydrogen) atoms. The molecule has 0 aliphatic heterocycles. The molecule has 2 nitrogen and oxygen atoms in total. The highest BCUT2D eigenvalue weighted by molar-refractivity contribution is 6.30. The Morgan fingerprint density at radius 3 is 1.65 bits per heavy atom. The van der Waals surface area contributed by atoms with Crippen LogP contribution >= 0.6 is 23.2 Å². The van der Waals surface area contributed by atoms with Gasteiger partial charge in [-0.1, -0.05) is 47.5 Å². The lowest BCUT2D eigenvalue weighted by atomic mass is 9.77. The van der Waals surface area contributed by atoms with Crippen molar-refractivity contribution in [3.63, 3.8) is 0 Å². The summed E-state index contributed by atoms with van der Waals surface area (Å²) in [7, 11) is 0. The van der Waals surface area contributed by atoms with E-state index < -0.39 is 5.41 Å². The number of halogens is 2. The van der Waals surface area contributed by atoms with Crippen LogP contribution in [0.1, 0.15) is 11.1 Å². The molecule has 0 amide bonds. The molecule has 2 aromatic rings. The normalized spacial score (nSPS) is 11.6. The summed E-state index contributed by atoms with van der Waals surface area (Å²) >= 11 is 11.8. The molecule has 0 bridgehead atoms. The van der Waals surface area contributed by atoms with E-state index in [1.165, 1.54) is 0 Å². The summed E-state index contributed by atoms with van der Waals surface area (Å²) in [5.74, 6) is 0. The second-order valence-corrected chi connectivity index (χ2v) is 5.78. The van der Waals surface area contributed by atoms with Gasteiger partial charge in [-0.05, 0) is 41.8 Å². The van der Waals surface area contributed by atoms with E-state index in [1.54, 1.807) is 24.3 Å². The number of aliphatic hydroxyl groups excluding tert-OH is 2. The quantitative estimate of drug-likeness (QED) is 0.888. The molecule has 2 rings (SSSR count). The first-order valence-electron chi connectivity index (χ1n) is 6.32. The van der Waals surface area contributed by atoms with Crippen LogP contribution in [0.4, 0.5) is 0 Å². The summed E-state index contributed by atoms with van der Waals surface area (Å²) in [5.41, 5.74) is 1.15. The predicted octanol–water partition coefficient (Wildman–Crippen LogP) is 3.46. The molecule has 0 saturated heterocycles. The fourth-order valence-corrected chi connectivity index (χ4v) is 2.49. The van der Waals surface area contributed by atoms with E-state index in [9.17, 15) is 10.2 Å². The van der Waals surface area contributed by atoms with Gasteiger partial charge in [-0.2, -0.15) is 0 Å². The van der Waals surface area contributed by atoms with Gasteiger partial charge >= 0.3 is 0 Å². The lowest BCUT2D eigenvalue weighted by Crippen LogP contribution is -2.37. The van der Waals surface area contributed by atoms with Crippen LogP contribution in [0.3, 0.4) is 0 Å². The Labute approximate surface area is 128 Å². The molecular formula is C16H16Cl2O2. The number of hydrogen-bond acceptors (Lipinski definition) is 2. The zero-order chi connectivity index (χ0) is 14.6. The number of aliphatic hydroxyl groups is 2. The largest absolute Gasteiger partial charge is 0.395 e. The molecule has 0 heterocycles. The molecule has 2 N–H and O–H groups in total. The summed E-state index contributed by atoms with van der Waals surface area (Å²) in [6, 6.07) is 14.6. The Balaban J connectivity index is 2.33. The van der Waals surface area contributed by atoms with Crippen LogP contribution in [0.5, 0.6) is 0 Å². The zero-order valence-corrected chi connectivity index (χ0v) is 12.4. The van der Waals surface area contributed by atoms with E-state index in [0.717, 1.165) is 11.1 Å². The average Bonchev–Trinajstić information content (AvgIpc) is 2.48. The van der Waals surface area contributed by atoms with Crippen LogP contribution in [0, 0.1) is 0 Å². The number of rotatable bonds is 5. The van der Waals surface area contributed by atoms with Crippen molar-refractivity contribution in [2.24, 2.45) is 0 Å². The minimum Gasteiger partial charge on any atom is -0.395 e. The first-order chi connectivity index (χ1) is 9.59. The highest BCUT2D eigenvalue weighted by Gasteiger charge is 2.31. The first-order valence-corrected chi connectivity index (χ1v) is 7.07. The monoisotopic (exact) mass is 310 g/mol. The molecular weight excluding hydrogens is 295 g/mol. The SMILES string of the molecule is OCC(CO)(Cc1ccc(Cl)cc1)c1ccc(Cl)cc1. The van der Waals surface area contributed by atoms with E-state index in [0.29, 0.717) is 16.5 Å². The molecule has 0 aliphatic rings. The molecule has 0 radical (unpaired) electrons. The molecule has 4 heteroatoms. The van der Waals surface area contributed by atoms with Gasteiger partial charge in [0.1, 0.15) is 0 Å². The van der Waals surface area contributed by atoms with Crippen LogP contribution in [-0.2, 0) is 11.8 Å². The molecule has 2 aromatic carbocycles. The molecule has 0 spiro atoms. The third kappa shape index (κ3) is 3.33. The minimum absolute atomic E-state index is 0.145. The minimum atomic E-state index is -0.724. The summed E-state index contributed by atoms with van der Waals surface area (Å²) < 4.78 is 0. The third-order valence-electron chi connectivity index (χ3n) is 3.52. The van der Waals surface area contributed by atoms with Crippen molar-refractivity contribution in [2.45, 2.75) is 11.8 Å². The van der Waals surface area contributed by atoms with Crippen LogP contribution in [0.15, 0.2) is 48.5 Å². The van der Waals surface area contributed by atoms with Crippen molar-refractivity contribution in [2.75, 3.05) is 13.2 Å². The van der Waals surface area contributed by atoms with E-state index >= 15 is 0 Å². The van der Waals surface area contributed by atoms with Gasteiger partial charge in [-0.25, -0.2) is 0 Å². The summed E-state index contributed by atoms with van der Waals surface area (Å²) in [5, 5.41) is 20.9. The maximum Gasteiger partial charge on any atom is 0.0553 e. The Morgan fingerprint density at radius 2 is 1.20 bits per heavy atom. The number of benzene rings is 2. The van der Waals surface area contributed by atoms with Gasteiger partial charge in [-0.3, -0.25) is 0 Å². The Kier molecular flexibility index (Phi) is 5.06. The molecule has 106 valence electrons. The van der Waals surface area contributed by atoms with Crippen LogP contribution in [0.25, 0.3) is 0 Å². The summed E-state index contributed by atoms with van der Waals surface area (Å²) in [4.78, 5) is 0. The Hall–Kier alpha value is -1.06. The van der Waals surface area contributed by atoms with Gasteiger partial charge in [0, 0.05) is 15.5 Å². The van der Waals surface area contributed by atoms with Crippen LogP contribution in [0.2, 0.25) is 10.0 Å². The Morgan fingerprint density at radius 1 is 0.750 bits per heavy atom. The fraction of sp³-hybridized carbons (Fsp3) is 0.250. The van der Waals surface area contributed by atoms with Crippen LogP contribution < -0.4 is 0 Å². The third-order valence-corrected chi connectivity index (χ3v) is 4.02. The number of hydrogen-bond donors (Lipinski definition) is 2. The van der Waals surface area contributed by atoms with E-state index in [4.69, 9.17) is 23.2 Å². The second-order valence-electron chi connectivity index (χ2n) is 4.91. The molecule has 0 aromatic heterocycles. The lowest BCUT2D eigenvalue weighted by Gasteiger charge is -2.30. The summed E-state index contributed by atoms with van der Waals surface area (Å²) in [6.07, 6.45) is 0.527. The highest BCUT2D eigenvalue weighted by Crippen LogP contribution is 2.29. The van der Waals surface area contributed by atoms with E-state index in [2.05, 4.69) is 0 Å². The molecule has 0 fully saturated rings. The smallest absolute Gasteiger partial charge is 0.0553 e. The predicted molar refractivity (Wildman–Crippen MR) is 82.5 cm³/mol. The maximum atomic E-state index is 9.80. The van der Waals surface area contributed by atoms with Crippen molar-refractivity contribution in [1.82, 2.24) is 0 Å². The van der Waals surface area contributed by atoms with Crippen molar-refractivity contribution in [3.05, 3.63) is 69.7 Å². The van der Waals surface area contributed by atoms with Crippen molar-refractivity contribution in [3.8, 4) is 0 Å². The van der Waals surface area contributed by atoms with Gasteiger partial charge in [0.05, 0.1) is 13.2 Å². The van der Waals surface area contributed by atoms with Crippen LogP contribution in [-0.4, -0.2) is 23.4 Å². The van der Waals surface area contributed by atoms with E-state index in [-0.39, 0.29) is 13.2 Å². The molecule has 0 unspecified atom stereocenters. The van der Waals surface area contributed by atoms with Gasteiger partial charge < -0.3 is 10.2 Å². The van der Waals surface area contributed by atoms with Crippen molar-refractivity contribution < 1.29 is 10.2 Å². The maximum absolute atomic E-state index is 9.80. The Bertz CT molecular complexity index is 546. The van der Waals surface area contributed by atoms with Gasteiger partial charge in [0.2, 0.25) is 0 Å². The first kappa shape index (κ1) is 15.3. The topological polar surface area (TPSA) is 40.5 Å². The van der Waals surface area contributed by atoms with Gasteiger partial charge in [-0.15, -0.1) is 0 Å². The van der Waals surface area contributed by atoms with Gasteiger partial charge in [0.15, 0.2) is 0 Å². The van der Waals surface area contributed by atoms with E-state index in [1.807, 2.05) is 24.3 Å². The second kappa shape index (κ2) is 6.59. The molecule has 0 atom stereocenters. The fourth-order valence-electron chi connectivity index (χ4n) is 2.24. The average molecular weight is 311 g/mol. The van der Waals surface area contributed by atoms with Crippen molar-refractivity contribution >= 4 is 23.2 Å². The van der Waals surface area contributed by atoms with Gasteiger partial charge in [0.25, 0.3) is 0 Å². The van der Waals surface area contributed by atoms with Crippen molar-refractivity contribution in [1.29, 1.82) is 0 Å². The molecule has 0 aliphatic carbocycles.